The van der Waals surface area contributed by atoms with Crippen LogP contribution in [0.5, 0.6) is 0 Å². The largest absolute Gasteiger partial charge is 0.300 e. The fourth-order valence-electron chi connectivity index (χ4n) is 5.97. The van der Waals surface area contributed by atoms with Crippen molar-refractivity contribution in [2.24, 2.45) is 29.6 Å². The van der Waals surface area contributed by atoms with E-state index in [1.54, 1.807) is 5.57 Å². The Morgan fingerprint density at radius 2 is 1.96 bits per heavy atom. The Labute approximate surface area is 141 Å². The van der Waals surface area contributed by atoms with Gasteiger partial charge >= 0.3 is 0 Å². The second-order valence-electron chi connectivity index (χ2n) is 8.22. The minimum atomic E-state index is -0.724. The molecule has 0 N–H and O–H groups in total. The Kier molecular flexibility index (Phi) is 5.59. The highest BCUT2D eigenvalue weighted by atomic mass is 19.1. The molecule has 0 unspecified atom stereocenters. The van der Waals surface area contributed by atoms with Gasteiger partial charge in [-0.05, 0) is 69.1 Å². The van der Waals surface area contributed by atoms with E-state index in [0.717, 1.165) is 19.3 Å². The molecular weight excluding hydrogens is 287 g/mol. The van der Waals surface area contributed by atoms with Gasteiger partial charge < -0.3 is 0 Å². The molecule has 3 aliphatic rings. The van der Waals surface area contributed by atoms with Crippen molar-refractivity contribution in [3.8, 4) is 0 Å². The third-order valence-electron chi connectivity index (χ3n) is 7.25. The van der Waals surface area contributed by atoms with Crippen molar-refractivity contribution in [3.05, 3.63) is 11.6 Å². The van der Waals surface area contributed by atoms with E-state index in [9.17, 15) is 9.18 Å². The van der Waals surface area contributed by atoms with E-state index in [4.69, 9.17) is 0 Å². The molecule has 0 spiro atoms. The lowest BCUT2D eigenvalue weighted by Crippen LogP contribution is -2.48. The van der Waals surface area contributed by atoms with E-state index < -0.39 is 6.17 Å². The van der Waals surface area contributed by atoms with Gasteiger partial charge in [-0.15, -0.1) is 0 Å². The van der Waals surface area contributed by atoms with Crippen molar-refractivity contribution >= 4 is 5.78 Å². The van der Waals surface area contributed by atoms with Gasteiger partial charge in [0, 0.05) is 18.8 Å². The van der Waals surface area contributed by atoms with Gasteiger partial charge in [0.05, 0.1) is 0 Å². The SMILES string of the molecule is C/C=C(\CC)CC[C@@H]1CCC[C@@H]2[C@H]3CCC(=O)C[C@H]3[C@H](F)C[C@@H]12. The van der Waals surface area contributed by atoms with Crippen molar-refractivity contribution in [1.29, 1.82) is 0 Å². The van der Waals surface area contributed by atoms with Crippen LogP contribution in [0.25, 0.3) is 0 Å². The van der Waals surface area contributed by atoms with E-state index in [0.29, 0.717) is 42.3 Å². The number of alkyl halides is 1. The molecule has 130 valence electrons. The van der Waals surface area contributed by atoms with Crippen molar-refractivity contribution in [2.45, 2.75) is 84.2 Å². The Morgan fingerprint density at radius 3 is 2.70 bits per heavy atom. The van der Waals surface area contributed by atoms with Gasteiger partial charge in [0.25, 0.3) is 0 Å². The van der Waals surface area contributed by atoms with E-state index in [-0.39, 0.29) is 5.92 Å². The molecule has 3 saturated carbocycles. The third kappa shape index (κ3) is 3.56. The summed E-state index contributed by atoms with van der Waals surface area (Å²) in [5.74, 6) is 2.86. The second-order valence-corrected chi connectivity index (χ2v) is 8.22. The normalized spacial score (nSPS) is 41.3. The van der Waals surface area contributed by atoms with Crippen LogP contribution in [0.1, 0.15) is 78.1 Å². The van der Waals surface area contributed by atoms with E-state index >= 15 is 0 Å². The number of hydrogen-bond donors (Lipinski definition) is 0. The summed E-state index contributed by atoms with van der Waals surface area (Å²) in [6.07, 6.45) is 12.0. The predicted molar refractivity (Wildman–Crippen MR) is 93.0 cm³/mol. The molecule has 0 bridgehead atoms. The molecule has 3 fully saturated rings. The molecule has 0 amide bonds. The molecule has 0 aromatic rings. The number of fused-ring (bicyclic) bond motifs is 3. The molecule has 1 nitrogen and oxygen atoms in total. The molecule has 3 aliphatic carbocycles. The Bertz CT molecular complexity index is 455. The molecule has 0 heterocycles. The number of rotatable bonds is 4. The van der Waals surface area contributed by atoms with Crippen molar-refractivity contribution in [2.75, 3.05) is 0 Å². The predicted octanol–water partition coefficient (Wildman–Crippen LogP) is 5.88. The number of allylic oxidation sites excluding steroid dienone is 2. The zero-order valence-corrected chi connectivity index (χ0v) is 14.9. The molecule has 0 aliphatic heterocycles. The maximum atomic E-state index is 14.8. The van der Waals surface area contributed by atoms with Gasteiger partial charge in [0.2, 0.25) is 0 Å². The summed E-state index contributed by atoms with van der Waals surface area (Å²) in [5.41, 5.74) is 1.56. The summed E-state index contributed by atoms with van der Waals surface area (Å²) in [6, 6.07) is 0. The molecule has 0 radical (unpaired) electrons. The lowest BCUT2D eigenvalue weighted by Gasteiger charge is -2.51. The summed E-state index contributed by atoms with van der Waals surface area (Å²) >= 11 is 0. The fourth-order valence-corrected chi connectivity index (χ4v) is 5.97. The first kappa shape index (κ1) is 17.2. The van der Waals surface area contributed by atoms with E-state index in [2.05, 4.69) is 19.9 Å². The number of ketones is 1. The molecule has 2 heteroatoms. The first-order chi connectivity index (χ1) is 11.1. The van der Waals surface area contributed by atoms with Crippen LogP contribution in [0.2, 0.25) is 0 Å². The highest BCUT2D eigenvalue weighted by Gasteiger charge is 2.49. The molecule has 23 heavy (non-hydrogen) atoms. The smallest absolute Gasteiger partial charge is 0.133 e. The lowest BCUT2D eigenvalue weighted by molar-refractivity contribution is -0.129. The van der Waals surface area contributed by atoms with Crippen molar-refractivity contribution in [3.63, 3.8) is 0 Å². The molecule has 0 saturated heterocycles. The number of hydrogen-bond acceptors (Lipinski definition) is 1. The highest BCUT2D eigenvalue weighted by Crippen LogP contribution is 2.54. The Morgan fingerprint density at radius 1 is 1.17 bits per heavy atom. The molecule has 3 rings (SSSR count). The zero-order chi connectivity index (χ0) is 16.4. The van der Waals surface area contributed by atoms with Gasteiger partial charge in [-0.2, -0.15) is 0 Å². The third-order valence-corrected chi connectivity index (χ3v) is 7.25. The quantitative estimate of drug-likeness (QED) is 0.591. The summed E-state index contributed by atoms with van der Waals surface area (Å²) in [5, 5.41) is 0. The minimum absolute atomic E-state index is 0.0537. The average Bonchev–Trinajstić information content (AvgIpc) is 2.56. The first-order valence-electron chi connectivity index (χ1n) is 9.93. The van der Waals surface area contributed by atoms with Crippen molar-refractivity contribution < 1.29 is 9.18 Å². The maximum Gasteiger partial charge on any atom is 0.133 e. The van der Waals surface area contributed by atoms with Crippen LogP contribution in [-0.2, 0) is 4.79 Å². The Balaban J connectivity index is 1.68. The highest BCUT2D eigenvalue weighted by molar-refractivity contribution is 5.79. The van der Waals surface area contributed by atoms with Gasteiger partial charge in [0.1, 0.15) is 12.0 Å². The van der Waals surface area contributed by atoms with Crippen LogP contribution in [-0.4, -0.2) is 12.0 Å². The summed E-state index contributed by atoms with van der Waals surface area (Å²) in [6.45, 7) is 4.38. The van der Waals surface area contributed by atoms with Crippen LogP contribution < -0.4 is 0 Å². The number of carbonyl (C=O) groups is 1. The summed E-state index contributed by atoms with van der Waals surface area (Å²) < 4.78 is 14.8. The first-order valence-corrected chi connectivity index (χ1v) is 9.93. The van der Waals surface area contributed by atoms with Gasteiger partial charge in [-0.3, -0.25) is 4.79 Å². The van der Waals surface area contributed by atoms with E-state index in [1.807, 2.05) is 0 Å². The zero-order valence-electron chi connectivity index (χ0n) is 14.9. The number of carbonyl (C=O) groups excluding carboxylic acids is 1. The van der Waals surface area contributed by atoms with Crippen LogP contribution in [0.3, 0.4) is 0 Å². The lowest BCUT2D eigenvalue weighted by atomic mass is 9.54. The second kappa shape index (κ2) is 7.49. The van der Waals surface area contributed by atoms with Crippen LogP contribution in [0, 0.1) is 29.6 Å². The maximum absolute atomic E-state index is 14.8. The fraction of sp³-hybridized carbons (Fsp3) is 0.857. The van der Waals surface area contributed by atoms with Crippen molar-refractivity contribution in [1.82, 2.24) is 0 Å². The van der Waals surface area contributed by atoms with Crippen LogP contribution in [0.4, 0.5) is 4.39 Å². The Hall–Kier alpha value is -0.660. The molecular formula is C21H33FO. The van der Waals surface area contributed by atoms with Crippen LogP contribution in [0.15, 0.2) is 11.6 Å². The molecule has 0 aromatic heterocycles. The van der Waals surface area contributed by atoms with Crippen LogP contribution >= 0.6 is 0 Å². The topological polar surface area (TPSA) is 17.1 Å². The molecule has 6 atom stereocenters. The van der Waals surface area contributed by atoms with Gasteiger partial charge in [0.15, 0.2) is 0 Å². The number of halogens is 1. The summed E-state index contributed by atoms with van der Waals surface area (Å²) in [4.78, 5) is 11.8. The number of Topliss-reactive ketones (excluding diaryl/α,β-unsaturated/α-hetero) is 1. The van der Waals surface area contributed by atoms with E-state index in [1.165, 1.54) is 32.1 Å². The summed E-state index contributed by atoms with van der Waals surface area (Å²) in [7, 11) is 0. The average molecular weight is 320 g/mol. The standard InChI is InChI=1S/C21H33FO/c1-3-14(4-2)8-9-15-6-5-7-17-18-11-10-16(23)12-20(18)21(22)13-19(15)17/h3,15,17-21H,4-13H2,1-2H3/b14-3+/t15-,17+,18+,19-,20+,21+/m0/s1. The monoisotopic (exact) mass is 320 g/mol. The minimum Gasteiger partial charge on any atom is -0.300 e. The van der Waals surface area contributed by atoms with Gasteiger partial charge in [-0.1, -0.05) is 31.4 Å². The van der Waals surface area contributed by atoms with Gasteiger partial charge in [-0.25, -0.2) is 4.39 Å². The molecule has 0 aromatic carbocycles.